The molecule has 0 spiro atoms. The van der Waals surface area contributed by atoms with Crippen LogP contribution < -0.4 is 0 Å². The molecule has 3 rings (SSSR count). The van der Waals surface area contributed by atoms with Crippen LogP contribution in [0.25, 0.3) is 0 Å². The Morgan fingerprint density at radius 1 is 0.714 bits per heavy atom. The van der Waals surface area contributed by atoms with E-state index in [2.05, 4.69) is 9.47 Å². The summed E-state index contributed by atoms with van der Waals surface area (Å²) in [4.78, 5) is 48.0. The highest BCUT2D eigenvalue weighted by atomic mass is 16.6. The van der Waals surface area contributed by atoms with Gasteiger partial charge in [0, 0.05) is 0 Å². The third-order valence-electron chi connectivity index (χ3n) is 6.68. The van der Waals surface area contributed by atoms with E-state index in [1.54, 1.807) is 0 Å². The summed E-state index contributed by atoms with van der Waals surface area (Å²) < 4.78 is 19.7. The number of carbonyl (C=O) groups excluding carboxylic acids is 4. The average Bonchev–Trinajstić information content (AvgIpc) is 3.38. The van der Waals surface area contributed by atoms with Crippen LogP contribution in [0, 0.1) is 35.5 Å². The molecule has 0 aromatic heterocycles. The number of hydrogen-bond acceptors (Lipinski definition) is 8. The van der Waals surface area contributed by atoms with Crippen LogP contribution in [0.1, 0.15) is 38.5 Å². The minimum Gasteiger partial charge on any atom is -0.469 e. The summed E-state index contributed by atoms with van der Waals surface area (Å²) in [5.41, 5.74) is 0. The number of esters is 4. The molecule has 28 heavy (non-hydrogen) atoms. The van der Waals surface area contributed by atoms with E-state index in [4.69, 9.17) is 9.47 Å². The number of methoxy groups -OCH3 is 2. The molecular weight excluding hydrogens is 368 g/mol. The molecule has 8 heteroatoms. The van der Waals surface area contributed by atoms with Gasteiger partial charge in [-0.15, -0.1) is 0 Å². The predicted octanol–water partition coefficient (Wildman–Crippen LogP) is 1.50. The molecule has 156 valence electrons. The van der Waals surface area contributed by atoms with E-state index < -0.39 is 35.7 Å². The maximum Gasteiger partial charge on any atom is 0.310 e. The molecule has 6 atom stereocenters. The molecule has 6 unspecified atom stereocenters. The minimum absolute atomic E-state index is 0.0106. The first-order valence-electron chi connectivity index (χ1n) is 9.94. The molecule has 0 aliphatic heterocycles. The fourth-order valence-corrected chi connectivity index (χ4v) is 5.61. The summed E-state index contributed by atoms with van der Waals surface area (Å²) in [6.45, 7) is -0.116. The standard InChI is InChI=1S/C20H28O8/c1-25-15(21)6-8-27-19(23)17-13-10-14(12-5-3-4-11(12)13)18(17)20(24)28-9-7-16(22)26-2/h11-14,17-18H,3-10H2,1-2H3. The van der Waals surface area contributed by atoms with E-state index in [0.717, 1.165) is 25.7 Å². The van der Waals surface area contributed by atoms with E-state index in [1.807, 2.05) is 0 Å². The Morgan fingerprint density at radius 3 is 1.54 bits per heavy atom. The lowest BCUT2D eigenvalue weighted by molar-refractivity contribution is -0.167. The molecule has 0 aromatic carbocycles. The fraction of sp³-hybridized carbons (Fsp3) is 0.800. The van der Waals surface area contributed by atoms with Gasteiger partial charge in [-0.1, -0.05) is 6.42 Å². The van der Waals surface area contributed by atoms with Crippen LogP contribution in [0.2, 0.25) is 0 Å². The average molecular weight is 396 g/mol. The summed E-state index contributed by atoms with van der Waals surface area (Å²) in [5, 5.41) is 0. The van der Waals surface area contributed by atoms with Gasteiger partial charge < -0.3 is 18.9 Å². The van der Waals surface area contributed by atoms with Crippen molar-refractivity contribution in [3.05, 3.63) is 0 Å². The van der Waals surface area contributed by atoms with Crippen LogP contribution >= 0.6 is 0 Å². The van der Waals surface area contributed by atoms with Crippen molar-refractivity contribution in [3.63, 3.8) is 0 Å². The Morgan fingerprint density at radius 2 is 1.14 bits per heavy atom. The smallest absolute Gasteiger partial charge is 0.310 e. The molecule has 3 aliphatic rings. The van der Waals surface area contributed by atoms with Crippen molar-refractivity contribution < 1.29 is 38.1 Å². The molecule has 3 fully saturated rings. The first-order valence-corrected chi connectivity index (χ1v) is 9.94. The third kappa shape index (κ3) is 4.00. The van der Waals surface area contributed by atoms with E-state index in [9.17, 15) is 19.2 Å². The normalized spacial score (nSPS) is 32.5. The predicted molar refractivity (Wildman–Crippen MR) is 94.6 cm³/mol. The quantitative estimate of drug-likeness (QED) is 0.449. The van der Waals surface area contributed by atoms with Gasteiger partial charge in [-0.3, -0.25) is 19.2 Å². The Labute approximate surface area is 164 Å². The maximum atomic E-state index is 12.8. The molecule has 0 radical (unpaired) electrons. The zero-order valence-corrected chi connectivity index (χ0v) is 16.4. The highest BCUT2D eigenvalue weighted by Gasteiger charge is 2.63. The van der Waals surface area contributed by atoms with Gasteiger partial charge in [-0.25, -0.2) is 0 Å². The Balaban J connectivity index is 1.65. The Bertz CT molecular complexity index is 578. The summed E-state index contributed by atoms with van der Waals surface area (Å²) in [6.07, 6.45) is 4.11. The van der Waals surface area contributed by atoms with Crippen molar-refractivity contribution in [2.24, 2.45) is 35.5 Å². The molecule has 0 saturated heterocycles. The van der Waals surface area contributed by atoms with Crippen LogP contribution in [-0.4, -0.2) is 51.3 Å². The first kappa shape index (κ1) is 20.6. The monoisotopic (exact) mass is 396 g/mol. The van der Waals surface area contributed by atoms with Gasteiger partial charge >= 0.3 is 23.9 Å². The van der Waals surface area contributed by atoms with Gasteiger partial charge in [0.2, 0.25) is 0 Å². The van der Waals surface area contributed by atoms with E-state index in [1.165, 1.54) is 14.2 Å². The van der Waals surface area contributed by atoms with Gasteiger partial charge in [0.1, 0.15) is 13.2 Å². The lowest BCUT2D eigenvalue weighted by Crippen LogP contribution is -2.42. The molecule has 0 amide bonds. The number of carbonyl (C=O) groups is 4. The van der Waals surface area contributed by atoms with Crippen LogP contribution in [-0.2, 0) is 38.1 Å². The largest absolute Gasteiger partial charge is 0.469 e. The Kier molecular flexibility index (Phi) is 6.57. The molecule has 8 nitrogen and oxygen atoms in total. The number of rotatable bonds is 8. The SMILES string of the molecule is COC(=O)CCOC(=O)C1C2CC(C3CCCC32)C1C(=O)OCCC(=O)OC. The molecule has 2 bridgehead atoms. The van der Waals surface area contributed by atoms with Crippen molar-refractivity contribution >= 4 is 23.9 Å². The van der Waals surface area contributed by atoms with Gasteiger partial charge in [-0.2, -0.15) is 0 Å². The number of ether oxygens (including phenoxy) is 4. The van der Waals surface area contributed by atoms with E-state index in [0.29, 0.717) is 11.8 Å². The van der Waals surface area contributed by atoms with Crippen molar-refractivity contribution in [2.75, 3.05) is 27.4 Å². The summed E-state index contributed by atoms with van der Waals surface area (Å²) in [5.74, 6) is -1.66. The van der Waals surface area contributed by atoms with Gasteiger partial charge in [-0.05, 0) is 42.9 Å². The Hall–Kier alpha value is -2.12. The number of hydrogen-bond donors (Lipinski definition) is 0. The molecule has 0 aromatic rings. The van der Waals surface area contributed by atoms with Gasteiger partial charge in [0.15, 0.2) is 0 Å². The molecule has 3 aliphatic carbocycles. The fourth-order valence-electron chi connectivity index (χ4n) is 5.61. The summed E-state index contributed by atoms with van der Waals surface area (Å²) in [7, 11) is 2.56. The maximum absolute atomic E-state index is 12.8. The number of fused-ring (bicyclic) bond motifs is 5. The van der Waals surface area contributed by atoms with Crippen molar-refractivity contribution in [2.45, 2.75) is 38.5 Å². The van der Waals surface area contributed by atoms with Gasteiger partial charge in [0.05, 0.1) is 38.9 Å². The van der Waals surface area contributed by atoms with Crippen molar-refractivity contribution in [3.8, 4) is 0 Å². The second-order valence-electron chi connectivity index (χ2n) is 7.86. The van der Waals surface area contributed by atoms with Gasteiger partial charge in [0.25, 0.3) is 0 Å². The van der Waals surface area contributed by atoms with Crippen molar-refractivity contribution in [1.29, 1.82) is 0 Å². The van der Waals surface area contributed by atoms with Crippen LogP contribution in [0.15, 0.2) is 0 Å². The van der Waals surface area contributed by atoms with Crippen LogP contribution in [0.3, 0.4) is 0 Å². The highest BCUT2D eigenvalue weighted by Crippen LogP contribution is 2.63. The summed E-state index contributed by atoms with van der Waals surface area (Å²) in [6, 6.07) is 0. The minimum atomic E-state index is -0.535. The lowest BCUT2D eigenvalue weighted by atomic mass is 9.69. The zero-order valence-electron chi connectivity index (χ0n) is 16.4. The lowest BCUT2D eigenvalue weighted by Gasteiger charge is -2.35. The second-order valence-corrected chi connectivity index (χ2v) is 7.86. The van der Waals surface area contributed by atoms with Crippen molar-refractivity contribution in [1.82, 2.24) is 0 Å². The highest BCUT2D eigenvalue weighted by molar-refractivity contribution is 5.84. The van der Waals surface area contributed by atoms with Crippen LogP contribution in [0.4, 0.5) is 0 Å². The molecule has 3 saturated carbocycles. The van der Waals surface area contributed by atoms with Crippen LogP contribution in [0.5, 0.6) is 0 Å². The topological polar surface area (TPSA) is 105 Å². The molecule has 0 heterocycles. The zero-order chi connectivity index (χ0) is 20.3. The second kappa shape index (κ2) is 8.92. The first-order chi connectivity index (χ1) is 13.5. The summed E-state index contributed by atoms with van der Waals surface area (Å²) >= 11 is 0. The third-order valence-corrected chi connectivity index (χ3v) is 6.68. The molecular formula is C20H28O8. The van der Waals surface area contributed by atoms with E-state index in [-0.39, 0.29) is 37.9 Å². The molecule has 0 N–H and O–H groups in total. The van der Waals surface area contributed by atoms with E-state index >= 15 is 0 Å².